The molecule has 0 spiro atoms. The zero-order valence-corrected chi connectivity index (χ0v) is 20.2. The van der Waals surface area contributed by atoms with Gasteiger partial charge in [0.1, 0.15) is 12.2 Å². The molecule has 0 aromatic carbocycles. The molecule has 180 valence electrons. The summed E-state index contributed by atoms with van der Waals surface area (Å²) in [7, 11) is 0. The van der Waals surface area contributed by atoms with Gasteiger partial charge in [0.2, 0.25) is 5.28 Å². The molecule has 4 rings (SSSR count). The number of fused-ring (bicyclic) bond motifs is 1. The molecule has 2 aromatic rings. The number of esters is 1. The normalized spacial score (nSPS) is 21.5. The van der Waals surface area contributed by atoms with Gasteiger partial charge < -0.3 is 14.2 Å². The van der Waals surface area contributed by atoms with E-state index in [-0.39, 0.29) is 36.2 Å². The second kappa shape index (κ2) is 9.42. The van der Waals surface area contributed by atoms with Crippen LogP contribution in [0.5, 0.6) is 0 Å². The van der Waals surface area contributed by atoms with Gasteiger partial charge in [-0.05, 0) is 58.1 Å². The summed E-state index contributed by atoms with van der Waals surface area (Å²) in [5, 5.41) is 5.11. The number of nitrogens with zero attached hydrogens (tertiary/aromatic N) is 5. The third-order valence-corrected chi connectivity index (χ3v) is 5.91. The number of hydrogen-bond acceptors (Lipinski definition) is 8. The molecule has 11 heteroatoms. The van der Waals surface area contributed by atoms with Gasteiger partial charge in [0.05, 0.1) is 17.7 Å². The van der Waals surface area contributed by atoms with Gasteiger partial charge in [-0.1, -0.05) is 12.8 Å². The molecule has 0 radical (unpaired) electrons. The highest BCUT2D eigenvalue weighted by molar-refractivity contribution is 6.28. The molecular weight excluding hydrogens is 450 g/mol. The minimum atomic E-state index is -0.650. The van der Waals surface area contributed by atoms with Crippen LogP contribution in [0.1, 0.15) is 72.4 Å². The van der Waals surface area contributed by atoms with Crippen LogP contribution in [-0.4, -0.2) is 56.2 Å². The molecule has 2 fully saturated rings. The van der Waals surface area contributed by atoms with Gasteiger partial charge in [-0.2, -0.15) is 15.1 Å². The zero-order valence-electron chi connectivity index (χ0n) is 19.4. The van der Waals surface area contributed by atoms with Crippen molar-refractivity contribution in [2.24, 2.45) is 0 Å². The van der Waals surface area contributed by atoms with Crippen molar-refractivity contribution in [2.45, 2.75) is 90.2 Å². The number of aromatic nitrogens is 4. The predicted molar refractivity (Wildman–Crippen MR) is 121 cm³/mol. The third-order valence-electron chi connectivity index (χ3n) is 5.74. The smallest absolute Gasteiger partial charge is 0.416 e. The first kappa shape index (κ1) is 23.7. The summed E-state index contributed by atoms with van der Waals surface area (Å²) < 4.78 is 18.5. The lowest BCUT2D eigenvalue weighted by molar-refractivity contribution is -0.145. The summed E-state index contributed by atoms with van der Waals surface area (Å²) in [6.45, 7) is 7.07. The van der Waals surface area contributed by atoms with Crippen LogP contribution in [0, 0.1) is 0 Å². The minimum absolute atomic E-state index is 0.0141. The molecule has 3 heterocycles. The summed E-state index contributed by atoms with van der Waals surface area (Å²) in [5.41, 5.74) is -0.169. The third kappa shape index (κ3) is 5.38. The molecule has 2 atom stereocenters. The van der Waals surface area contributed by atoms with Crippen molar-refractivity contribution >= 4 is 40.5 Å². The number of carbonyl (C=O) groups is 2. The number of carbonyl (C=O) groups excluding carboxylic acids is 2. The van der Waals surface area contributed by atoms with Crippen LogP contribution in [0.15, 0.2) is 6.20 Å². The van der Waals surface area contributed by atoms with Crippen molar-refractivity contribution in [2.75, 3.05) is 11.5 Å². The van der Waals surface area contributed by atoms with Crippen LogP contribution in [0.25, 0.3) is 11.0 Å². The van der Waals surface area contributed by atoms with Crippen molar-refractivity contribution < 1.29 is 23.8 Å². The van der Waals surface area contributed by atoms with Crippen LogP contribution >= 0.6 is 11.6 Å². The van der Waals surface area contributed by atoms with Crippen molar-refractivity contribution in [1.82, 2.24) is 19.7 Å². The molecule has 1 aliphatic carbocycles. The maximum absolute atomic E-state index is 13.2. The van der Waals surface area contributed by atoms with Crippen LogP contribution < -0.4 is 4.90 Å². The second-order valence-corrected chi connectivity index (χ2v) is 9.86. The summed E-state index contributed by atoms with van der Waals surface area (Å²) in [6.07, 6.45) is 5.76. The lowest BCUT2D eigenvalue weighted by Crippen LogP contribution is -2.43. The highest BCUT2D eigenvalue weighted by atomic mass is 35.5. The number of rotatable bonds is 5. The van der Waals surface area contributed by atoms with E-state index in [9.17, 15) is 9.59 Å². The van der Waals surface area contributed by atoms with E-state index in [0.717, 1.165) is 32.1 Å². The van der Waals surface area contributed by atoms with Gasteiger partial charge in [-0.25, -0.2) is 9.48 Å². The van der Waals surface area contributed by atoms with Crippen molar-refractivity contribution in [3.8, 4) is 0 Å². The first-order chi connectivity index (χ1) is 15.6. The fourth-order valence-corrected chi connectivity index (χ4v) is 4.52. The Hall–Kier alpha value is -2.46. The molecule has 1 unspecified atom stereocenters. The topological polar surface area (TPSA) is 109 Å². The Labute approximate surface area is 197 Å². The van der Waals surface area contributed by atoms with Crippen LogP contribution in [-0.2, 0) is 19.0 Å². The van der Waals surface area contributed by atoms with E-state index >= 15 is 0 Å². The molecule has 2 aliphatic rings. The van der Waals surface area contributed by atoms with E-state index in [1.807, 2.05) is 20.8 Å². The molecule has 33 heavy (non-hydrogen) atoms. The lowest BCUT2D eigenvalue weighted by Gasteiger charge is -2.31. The van der Waals surface area contributed by atoms with E-state index in [4.69, 9.17) is 25.8 Å². The average molecular weight is 480 g/mol. The summed E-state index contributed by atoms with van der Waals surface area (Å²) in [4.78, 5) is 34.8. The second-order valence-electron chi connectivity index (χ2n) is 9.52. The molecule has 1 aliphatic heterocycles. The standard InChI is InChI=1S/C22H30ClN5O5/c1-13(29)31-12-15-9-10-17(32-15)28-19-16(11-24-28)18(25-20(23)26-19)27(14-7-5-6-8-14)21(30)33-22(2,3)4/h11,14-15,17H,5-10,12H2,1-4H3/t15-,17?/m0/s1. The molecule has 2 aromatic heterocycles. The molecule has 0 bridgehead atoms. The van der Waals surface area contributed by atoms with Crippen molar-refractivity contribution in [3.63, 3.8) is 0 Å². The van der Waals surface area contributed by atoms with Crippen LogP contribution in [0.2, 0.25) is 5.28 Å². The zero-order chi connectivity index (χ0) is 23.8. The van der Waals surface area contributed by atoms with Gasteiger partial charge in [0, 0.05) is 13.0 Å². The van der Waals surface area contributed by atoms with E-state index in [0.29, 0.717) is 23.3 Å². The Balaban J connectivity index is 1.67. The number of anilines is 1. The lowest BCUT2D eigenvalue weighted by atomic mass is 10.2. The Morgan fingerprint density at radius 3 is 2.61 bits per heavy atom. The van der Waals surface area contributed by atoms with E-state index in [1.165, 1.54) is 6.92 Å². The highest BCUT2D eigenvalue weighted by Crippen LogP contribution is 2.36. The van der Waals surface area contributed by atoms with Crippen molar-refractivity contribution in [3.05, 3.63) is 11.5 Å². The number of ether oxygens (including phenoxy) is 3. The van der Waals surface area contributed by atoms with E-state index in [1.54, 1.807) is 15.8 Å². The highest BCUT2D eigenvalue weighted by Gasteiger charge is 2.36. The Morgan fingerprint density at radius 1 is 1.21 bits per heavy atom. The van der Waals surface area contributed by atoms with E-state index in [2.05, 4.69) is 15.1 Å². The fraction of sp³-hybridized carbons (Fsp3) is 0.682. The summed E-state index contributed by atoms with van der Waals surface area (Å²) >= 11 is 6.32. The minimum Gasteiger partial charge on any atom is -0.463 e. The van der Waals surface area contributed by atoms with Gasteiger partial charge in [0.15, 0.2) is 17.7 Å². The largest absolute Gasteiger partial charge is 0.463 e. The van der Waals surface area contributed by atoms with E-state index < -0.39 is 11.7 Å². The van der Waals surface area contributed by atoms with Crippen molar-refractivity contribution in [1.29, 1.82) is 0 Å². The molecule has 1 saturated carbocycles. The van der Waals surface area contributed by atoms with Crippen LogP contribution in [0.3, 0.4) is 0 Å². The first-order valence-electron chi connectivity index (χ1n) is 11.3. The molecule has 1 saturated heterocycles. The number of amides is 1. The van der Waals surface area contributed by atoms with Gasteiger partial charge in [-0.3, -0.25) is 9.69 Å². The Bertz CT molecular complexity index is 1030. The SMILES string of the molecule is CC(=O)OC[C@@H]1CCC(n2ncc3c(N(C(=O)OC(C)(C)C)C4CCCC4)nc(Cl)nc32)O1. The van der Waals surface area contributed by atoms with Crippen LogP contribution in [0.4, 0.5) is 10.6 Å². The van der Waals surface area contributed by atoms with Gasteiger partial charge in [-0.15, -0.1) is 0 Å². The first-order valence-corrected chi connectivity index (χ1v) is 11.7. The molecular formula is C22H30ClN5O5. The maximum atomic E-state index is 13.2. The quantitative estimate of drug-likeness (QED) is 0.458. The van der Waals surface area contributed by atoms with Gasteiger partial charge >= 0.3 is 12.1 Å². The number of halogens is 1. The molecule has 10 nitrogen and oxygen atoms in total. The molecule has 1 amide bonds. The molecule has 0 N–H and O–H groups in total. The Morgan fingerprint density at radius 2 is 1.94 bits per heavy atom. The monoisotopic (exact) mass is 479 g/mol. The average Bonchev–Trinajstić information content (AvgIpc) is 3.45. The summed E-state index contributed by atoms with van der Waals surface area (Å²) in [6, 6.07) is -0.0341. The van der Waals surface area contributed by atoms with Gasteiger partial charge in [0.25, 0.3) is 0 Å². The fourth-order valence-electron chi connectivity index (χ4n) is 4.36. The Kier molecular flexibility index (Phi) is 6.76. The number of hydrogen-bond donors (Lipinski definition) is 0. The maximum Gasteiger partial charge on any atom is 0.416 e. The predicted octanol–water partition coefficient (Wildman–Crippen LogP) is 4.40. The summed E-state index contributed by atoms with van der Waals surface area (Å²) in [5.74, 6) is 0.0526.